The van der Waals surface area contributed by atoms with Crippen molar-refractivity contribution in [3.63, 3.8) is 0 Å². The van der Waals surface area contributed by atoms with Crippen molar-refractivity contribution in [2.45, 2.75) is 51.5 Å². The molecule has 0 unspecified atom stereocenters. The van der Waals surface area contributed by atoms with Gasteiger partial charge in [-0.3, -0.25) is 9.78 Å². The maximum absolute atomic E-state index is 13.2. The number of ketones is 1. The summed E-state index contributed by atoms with van der Waals surface area (Å²) < 4.78 is 0. The molecule has 3 aromatic rings. The fourth-order valence-electron chi connectivity index (χ4n) is 5.10. The average molecular weight is 496 g/mol. The first-order valence-corrected chi connectivity index (χ1v) is 13.0. The molecule has 178 valence electrons. The molecular weight excluding hydrogens is 465 g/mol. The lowest BCUT2D eigenvalue weighted by atomic mass is 9.85. The molecule has 2 N–H and O–H groups in total. The molecule has 0 saturated heterocycles. The second kappa shape index (κ2) is 9.85. The largest absolute Gasteiger partial charge is 0.381 e. The van der Waals surface area contributed by atoms with E-state index in [0.717, 1.165) is 77.0 Å². The molecule has 0 bridgehead atoms. The van der Waals surface area contributed by atoms with Crippen LogP contribution in [0.15, 0.2) is 36.5 Å². The summed E-state index contributed by atoms with van der Waals surface area (Å²) >= 11 is 12.9. The van der Waals surface area contributed by atoms with Crippen LogP contribution in [0, 0.1) is 18.8 Å². The molecule has 2 aliphatic rings. The first kappa shape index (κ1) is 23.6. The van der Waals surface area contributed by atoms with Gasteiger partial charge in [-0.15, -0.1) is 0 Å². The molecule has 2 aromatic carbocycles. The number of hydrogen-bond acceptors (Lipinski definition) is 4. The van der Waals surface area contributed by atoms with Gasteiger partial charge in [-0.25, -0.2) is 0 Å². The van der Waals surface area contributed by atoms with Crippen LogP contribution in [-0.4, -0.2) is 30.4 Å². The maximum atomic E-state index is 13.2. The van der Waals surface area contributed by atoms with Gasteiger partial charge < -0.3 is 10.6 Å². The van der Waals surface area contributed by atoms with E-state index in [9.17, 15) is 4.79 Å². The SMILES string of the molecule is CNCC1CCC(Nc2c(C(=O)C3CC3)cnc3ccc(-c4cc(Cl)c(C)c(Cl)c4)cc23)CC1. The highest BCUT2D eigenvalue weighted by Crippen LogP contribution is 2.39. The monoisotopic (exact) mass is 495 g/mol. The Morgan fingerprint density at radius 3 is 2.35 bits per heavy atom. The van der Waals surface area contributed by atoms with Crippen LogP contribution in [0.1, 0.15) is 54.4 Å². The van der Waals surface area contributed by atoms with E-state index < -0.39 is 0 Å². The van der Waals surface area contributed by atoms with Crippen molar-refractivity contribution in [3.8, 4) is 11.1 Å². The standard InChI is InChI=1S/C28H31Cl2N3O/c1-16-24(29)12-20(13-25(16)30)19-7-10-26-22(11-19)27(23(15-32-26)28(34)18-5-6-18)33-21-8-3-17(4-9-21)14-31-2/h7,10-13,15,17-18,21,31H,3-6,8-9,14H2,1-2H3,(H,32,33). The van der Waals surface area contributed by atoms with Crippen molar-refractivity contribution in [2.24, 2.45) is 11.8 Å². The topological polar surface area (TPSA) is 54.0 Å². The molecule has 0 spiro atoms. The lowest BCUT2D eigenvalue weighted by Crippen LogP contribution is -2.30. The minimum Gasteiger partial charge on any atom is -0.381 e. The highest BCUT2D eigenvalue weighted by Gasteiger charge is 2.33. The number of benzene rings is 2. The van der Waals surface area contributed by atoms with Crippen molar-refractivity contribution < 1.29 is 4.79 Å². The predicted octanol–water partition coefficient (Wildman–Crippen LogP) is 7.30. The molecule has 6 heteroatoms. The third-order valence-corrected chi connectivity index (χ3v) is 8.17. The molecule has 2 fully saturated rings. The van der Waals surface area contributed by atoms with Gasteiger partial charge >= 0.3 is 0 Å². The van der Waals surface area contributed by atoms with E-state index in [1.54, 1.807) is 6.20 Å². The Labute approximate surface area is 211 Å². The number of nitrogens with zero attached hydrogens (tertiary/aromatic N) is 1. The molecule has 2 saturated carbocycles. The summed E-state index contributed by atoms with van der Waals surface area (Å²) in [6.45, 7) is 2.99. The molecule has 1 heterocycles. The first-order valence-electron chi connectivity index (χ1n) is 12.3. The van der Waals surface area contributed by atoms with Crippen LogP contribution in [0.4, 0.5) is 5.69 Å². The van der Waals surface area contributed by atoms with E-state index in [1.165, 1.54) is 12.8 Å². The number of Topliss-reactive ketones (excluding diaryl/α,β-unsaturated/α-hetero) is 1. The summed E-state index contributed by atoms with van der Waals surface area (Å²) in [6.07, 6.45) is 8.33. The highest BCUT2D eigenvalue weighted by molar-refractivity contribution is 6.36. The van der Waals surface area contributed by atoms with Gasteiger partial charge in [-0.2, -0.15) is 0 Å². The summed E-state index contributed by atoms with van der Waals surface area (Å²) in [6, 6.07) is 10.4. The van der Waals surface area contributed by atoms with E-state index in [0.29, 0.717) is 16.1 Å². The van der Waals surface area contributed by atoms with Gasteiger partial charge in [0.1, 0.15) is 0 Å². The van der Waals surface area contributed by atoms with Gasteiger partial charge in [0.15, 0.2) is 5.78 Å². The van der Waals surface area contributed by atoms with Gasteiger partial charge in [-0.05, 0) is 106 Å². The van der Waals surface area contributed by atoms with Gasteiger partial charge in [0.05, 0.1) is 16.8 Å². The molecule has 2 aliphatic carbocycles. The zero-order valence-corrected chi connectivity index (χ0v) is 21.3. The highest BCUT2D eigenvalue weighted by atomic mass is 35.5. The number of halogens is 2. The Balaban J connectivity index is 1.55. The summed E-state index contributed by atoms with van der Waals surface area (Å²) in [5.41, 5.74) is 5.39. The van der Waals surface area contributed by atoms with Gasteiger partial charge in [0, 0.05) is 33.6 Å². The second-order valence-corrected chi connectivity index (χ2v) is 10.7. The zero-order valence-electron chi connectivity index (χ0n) is 19.8. The third kappa shape index (κ3) is 4.82. The van der Waals surface area contributed by atoms with Crippen LogP contribution in [0.25, 0.3) is 22.0 Å². The van der Waals surface area contributed by atoms with Crippen LogP contribution in [0.2, 0.25) is 10.0 Å². The number of anilines is 1. The van der Waals surface area contributed by atoms with Crippen LogP contribution in [-0.2, 0) is 0 Å². The van der Waals surface area contributed by atoms with Crippen molar-refractivity contribution in [3.05, 3.63) is 57.7 Å². The van der Waals surface area contributed by atoms with Crippen molar-refractivity contribution in [1.82, 2.24) is 10.3 Å². The van der Waals surface area contributed by atoms with Crippen LogP contribution >= 0.6 is 23.2 Å². The minimum atomic E-state index is 0.143. The quantitative estimate of drug-likeness (QED) is 0.337. The van der Waals surface area contributed by atoms with E-state index in [-0.39, 0.29) is 11.7 Å². The Bertz CT molecular complexity index is 1210. The molecular formula is C28H31Cl2N3O. The predicted molar refractivity (Wildman–Crippen MR) is 142 cm³/mol. The molecule has 1 aromatic heterocycles. The second-order valence-electron chi connectivity index (χ2n) is 9.90. The van der Waals surface area contributed by atoms with E-state index >= 15 is 0 Å². The summed E-state index contributed by atoms with van der Waals surface area (Å²) in [5, 5.41) is 9.38. The van der Waals surface area contributed by atoms with E-state index in [4.69, 9.17) is 23.2 Å². The summed E-state index contributed by atoms with van der Waals surface area (Å²) in [5.74, 6) is 1.09. The van der Waals surface area contributed by atoms with Crippen LogP contribution < -0.4 is 10.6 Å². The normalized spacial score (nSPS) is 20.5. The molecule has 5 rings (SSSR count). The minimum absolute atomic E-state index is 0.143. The number of pyridine rings is 1. The molecule has 0 radical (unpaired) electrons. The number of aromatic nitrogens is 1. The molecule has 4 nitrogen and oxygen atoms in total. The van der Waals surface area contributed by atoms with Crippen molar-refractivity contribution in [1.29, 1.82) is 0 Å². The first-order chi connectivity index (χ1) is 16.4. The molecule has 34 heavy (non-hydrogen) atoms. The molecule has 0 atom stereocenters. The Morgan fingerprint density at radius 2 is 1.71 bits per heavy atom. The smallest absolute Gasteiger partial charge is 0.169 e. The maximum Gasteiger partial charge on any atom is 0.169 e. The van der Waals surface area contributed by atoms with Gasteiger partial charge in [0.25, 0.3) is 0 Å². The molecule has 0 aliphatic heterocycles. The zero-order chi connectivity index (χ0) is 23.8. The van der Waals surface area contributed by atoms with Crippen LogP contribution in [0.3, 0.4) is 0 Å². The van der Waals surface area contributed by atoms with Crippen LogP contribution in [0.5, 0.6) is 0 Å². The third-order valence-electron chi connectivity index (χ3n) is 7.38. The van der Waals surface area contributed by atoms with Gasteiger partial charge in [0.2, 0.25) is 0 Å². The Morgan fingerprint density at radius 1 is 1.00 bits per heavy atom. The number of rotatable bonds is 7. The molecule has 0 amide bonds. The lowest BCUT2D eigenvalue weighted by molar-refractivity contribution is 0.0968. The Kier molecular flexibility index (Phi) is 6.83. The van der Waals surface area contributed by atoms with Gasteiger partial charge in [-0.1, -0.05) is 29.3 Å². The number of carbonyl (C=O) groups excluding carboxylic acids is 1. The summed E-state index contributed by atoms with van der Waals surface area (Å²) in [7, 11) is 2.02. The van der Waals surface area contributed by atoms with Crippen molar-refractivity contribution in [2.75, 3.05) is 18.9 Å². The summed E-state index contributed by atoms with van der Waals surface area (Å²) in [4.78, 5) is 17.9. The fourth-order valence-corrected chi connectivity index (χ4v) is 5.58. The lowest BCUT2D eigenvalue weighted by Gasteiger charge is -2.30. The van der Waals surface area contributed by atoms with E-state index in [2.05, 4.69) is 21.7 Å². The van der Waals surface area contributed by atoms with E-state index in [1.807, 2.05) is 38.2 Å². The number of carbonyl (C=O) groups is 1. The fraction of sp³-hybridized carbons (Fsp3) is 0.429. The Hall–Kier alpha value is -2.14. The number of hydrogen-bond donors (Lipinski definition) is 2. The number of nitrogens with one attached hydrogen (secondary N) is 2. The van der Waals surface area contributed by atoms with Crippen molar-refractivity contribution >= 4 is 45.6 Å². The average Bonchev–Trinajstić information content (AvgIpc) is 3.69. The number of fused-ring (bicyclic) bond motifs is 1.